The van der Waals surface area contributed by atoms with E-state index in [4.69, 9.17) is 4.74 Å². The van der Waals surface area contributed by atoms with Crippen LogP contribution >= 0.6 is 11.8 Å². The first kappa shape index (κ1) is 23.6. The number of nitrogens with one attached hydrogen (secondary N) is 2. The van der Waals surface area contributed by atoms with Crippen molar-refractivity contribution in [3.05, 3.63) is 69.3 Å². The molecule has 0 aliphatic heterocycles. The van der Waals surface area contributed by atoms with Crippen LogP contribution < -0.4 is 15.4 Å². The average Bonchev–Trinajstić information content (AvgIpc) is 3.27. The van der Waals surface area contributed by atoms with E-state index < -0.39 is 16.9 Å². The van der Waals surface area contributed by atoms with Gasteiger partial charge in [0.15, 0.2) is 0 Å². The minimum Gasteiger partial charge on any atom is -0.492 e. The van der Waals surface area contributed by atoms with Crippen LogP contribution in [0.3, 0.4) is 0 Å². The number of fused-ring (bicyclic) bond motifs is 1. The standard InChI is InChI=1S/C23H27N3O5S/c1-32-13-10-21(25-22(27)18-6-3-7-19(14-18)26(29)30)23(28)24-11-12-31-20-9-8-16-4-2-5-17(16)15-20/h3,6-9,14-15,21H,2,4-5,10-13H2,1H3,(H,24,28)(H,25,27). The van der Waals surface area contributed by atoms with Crippen LogP contribution in [0.5, 0.6) is 5.75 Å². The molecular weight excluding hydrogens is 430 g/mol. The van der Waals surface area contributed by atoms with Gasteiger partial charge in [-0.05, 0) is 67.0 Å². The van der Waals surface area contributed by atoms with Crippen LogP contribution in [0.1, 0.15) is 34.3 Å². The Bertz CT molecular complexity index is 982. The number of hydrogen-bond acceptors (Lipinski definition) is 6. The van der Waals surface area contributed by atoms with Crippen LogP contribution in [0.2, 0.25) is 0 Å². The van der Waals surface area contributed by atoms with Crippen LogP contribution in [-0.2, 0) is 17.6 Å². The van der Waals surface area contributed by atoms with Gasteiger partial charge in [-0.15, -0.1) is 0 Å². The SMILES string of the molecule is CSCCC(NC(=O)c1cccc([N+](=O)[O-])c1)C(=O)NCCOc1ccc2c(c1)CCC2. The number of nitro benzene ring substituents is 1. The third-order valence-corrected chi connectivity index (χ3v) is 5.94. The predicted octanol–water partition coefficient (Wildman–Crippen LogP) is 3.13. The van der Waals surface area contributed by atoms with E-state index in [0.717, 1.165) is 18.6 Å². The molecule has 0 fully saturated rings. The molecule has 1 unspecified atom stereocenters. The van der Waals surface area contributed by atoms with E-state index in [0.29, 0.717) is 25.3 Å². The van der Waals surface area contributed by atoms with Crippen molar-refractivity contribution in [2.45, 2.75) is 31.7 Å². The van der Waals surface area contributed by atoms with Crippen LogP contribution in [-0.4, -0.2) is 47.9 Å². The van der Waals surface area contributed by atoms with Crippen molar-refractivity contribution >= 4 is 29.3 Å². The molecule has 1 aliphatic rings. The summed E-state index contributed by atoms with van der Waals surface area (Å²) in [6.45, 7) is 0.622. The molecule has 0 saturated heterocycles. The first-order valence-electron chi connectivity index (χ1n) is 10.5. The molecule has 2 aromatic rings. The smallest absolute Gasteiger partial charge is 0.270 e. The summed E-state index contributed by atoms with van der Waals surface area (Å²) >= 11 is 1.57. The highest BCUT2D eigenvalue weighted by molar-refractivity contribution is 7.98. The number of aryl methyl sites for hydroxylation is 2. The molecule has 0 aromatic heterocycles. The maximum absolute atomic E-state index is 12.7. The van der Waals surface area contributed by atoms with E-state index in [1.54, 1.807) is 11.8 Å². The van der Waals surface area contributed by atoms with E-state index in [1.807, 2.05) is 12.3 Å². The summed E-state index contributed by atoms with van der Waals surface area (Å²) in [5.41, 5.74) is 2.67. The van der Waals surface area contributed by atoms with Gasteiger partial charge in [-0.25, -0.2) is 0 Å². The van der Waals surface area contributed by atoms with Gasteiger partial charge in [0, 0.05) is 17.7 Å². The van der Waals surface area contributed by atoms with Crippen molar-refractivity contribution in [1.29, 1.82) is 0 Å². The number of benzene rings is 2. The average molecular weight is 458 g/mol. The number of amides is 2. The van der Waals surface area contributed by atoms with Crippen molar-refractivity contribution in [1.82, 2.24) is 10.6 Å². The van der Waals surface area contributed by atoms with Crippen LogP contribution in [0, 0.1) is 10.1 Å². The number of hydrogen-bond donors (Lipinski definition) is 2. The zero-order valence-electron chi connectivity index (χ0n) is 18.0. The van der Waals surface area contributed by atoms with Crippen molar-refractivity contribution in [2.75, 3.05) is 25.2 Å². The third-order valence-electron chi connectivity index (χ3n) is 5.29. The molecule has 2 aromatic carbocycles. The van der Waals surface area contributed by atoms with Crippen LogP contribution in [0.15, 0.2) is 42.5 Å². The minimum atomic E-state index is -0.741. The molecule has 8 nitrogen and oxygen atoms in total. The highest BCUT2D eigenvalue weighted by atomic mass is 32.2. The Hall–Kier alpha value is -3.07. The summed E-state index contributed by atoms with van der Waals surface area (Å²) in [7, 11) is 0. The highest BCUT2D eigenvalue weighted by Gasteiger charge is 2.22. The molecule has 170 valence electrons. The Labute approximate surface area is 191 Å². The number of thioether (sulfide) groups is 1. The third kappa shape index (κ3) is 6.46. The van der Waals surface area contributed by atoms with Crippen molar-refractivity contribution in [3.8, 4) is 5.75 Å². The lowest BCUT2D eigenvalue weighted by molar-refractivity contribution is -0.384. The summed E-state index contributed by atoms with van der Waals surface area (Å²) in [5.74, 6) is 0.636. The number of carbonyl (C=O) groups is 2. The molecule has 0 spiro atoms. The molecule has 0 radical (unpaired) electrons. The molecule has 9 heteroatoms. The number of carbonyl (C=O) groups excluding carboxylic acids is 2. The van der Waals surface area contributed by atoms with Gasteiger partial charge in [0.05, 0.1) is 11.5 Å². The maximum atomic E-state index is 12.7. The normalized spacial score (nSPS) is 13.2. The number of rotatable bonds is 11. The van der Waals surface area contributed by atoms with Gasteiger partial charge < -0.3 is 15.4 Å². The van der Waals surface area contributed by atoms with Crippen LogP contribution in [0.25, 0.3) is 0 Å². The molecule has 2 amide bonds. The van der Waals surface area contributed by atoms with Gasteiger partial charge >= 0.3 is 0 Å². The molecule has 1 atom stereocenters. The second kappa shape index (κ2) is 11.5. The van der Waals surface area contributed by atoms with Gasteiger partial charge in [0.2, 0.25) is 5.91 Å². The van der Waals surface area contributed by atoms with Gasteiger partial charge in [-0.2, -0.15) is 11.8 Å². The van der Waals surface area contributed by atoms with Crippen molar-refractivity contribution in [2.24, 2.45) is 0 Å². The Balaban J connectivity index is 1.51. The lowest BCUT2D eigenvalue weighted by atomic mass is 10.1. The fraction of sp³-hybridized carbons (Fsp3) is 0.391. The summed E-state index contributed by atoms with van der Waals surface area (Å²) in [5, 5.41) is 16.4. The Morgan fingerprint density at radius 1 is 1.19 bits per heavy atom. The van der Waals surface area contributed by atoms with Crippen molar-refractivity contribution < 1.29 is 19.2 Å². The Morgan fingerprint density at radius 2 is 2.00 bits per heavy atom. The topological polar surface area (TPSA) is 111 Å². The molecule has 0 heterocycles. The summed E-state index contributed by atoms with van der Waals surface area (Å²) in [6.07, 6.45) is 5.73. The number of nitrogens with zero attached hydrogens (tertiary/aromatic N) is 1. The second-order valence-electron chi connectivity index (χ2n) is 7.54. The molecular formula is C23H27N3O5S. The van der Waals surface area contributed by atoms with Gasteiger partial charge in [0.25, 0.3) is 11.6 Å². The van der Waals surface area contributed by atoms with Gasteiger partial charge in [-0.1, -0.05) is 12.1 Å². The van der Waals surface area contributed by atoms with E-state index in [2.05, 4.69) is 22.8 Å². The zero-order chi connectivity index (χ0) is 22.9. The quantitative estimate of drug-likeness (QED) is 0.305. The first-order valence-corrected chi connectivity index (χ1v) is 11.9. The molecule has 0 bridgehead atoms. The maximum Gasteiger partial charge on any atom is 0.270 e. The minimum absolute atomic E-state index is 0.140. The predicted molar refractivity (Wildman–Crippen MR) is 124 cm³/mol. The largest absolute Gasteiger partial charge is 0.492 e. The highest BCUT2D eigenvalue weighted by Crippen LogP contribution is 2.25. The van der Waals surface area contributed by atoms with E-state index >= 15 is 0 Å². The monoisotopic (exact) mass is 457 g/mol. The second-order valence-corrected chi connectivity index (χ2v) is 8.52. The summed E-state index contributed by atoms with van der Waals surface area (Å²) in [4.78, 5) is 35.6. The zero-order valence-corrected chi connectivity index (χ0v) is 18.8. The summed E-state index contributed by atoms with van der Waals surface area (Å²) in [6, 6.07) is 10.8. The van der Waals surface area contributed by atoms with E-state index in [9.17, 15) is 19.7 Å². The number of nitro groups is 1. The fourth-order valence-corrected chi connectivity index (χ4v) is 4.08. The fourth-order valence-electron chi connectivity index (χ4n) is 3.61. The molecule has 1 aliphatic carbocycles. The van der Waals surface area contributed by atoms with Gasteiger partial charge in [-0.3, -0.25) is 19.7 Å². The molecule has 3 rings (SSSR count). The van der Waals surface area contributed by atoms with E-state index in [-0.39, 0.29) is 17.2 Å². The van der Waals surface area contributed by atoms with Crippen molar-refractivity contribution in [3.63, 3.8) is 0 Å². The summed E-state index contributed by atoms with van der Waals surface area (Å²) < 4.78 is 5.76. The Kier molecular flexibility index (Phi) is 8.49. The van der Waals surface area contributed by atoms with Crippen LogP contribution in [0.4, 0.5) is 5.69 Å². The lowest BCUT2D eigenvalue weighted by Gasteiger charge is -2.18. The van der Waals surface area contributed by atoms with E-state index in [1.165, 1.54) is 41.8 Å². The Morgan fingerprint density at radius 3 is 2.78 bits per heavy atom. The first-order chi connectivity index (χ1) is 15.5. The van der Waals surface area contributed by atoms with Gasteiger partial charge in [0.1, 0.15) is 18.4 Å². The number of non-ortho nitro benzene ring substituents is 1. The molecule has 2 N–H and O–H groups in total. The molecule has 32 heavy (non-hydrogen) atoms. The lowest BCUT2D eigenvalue weighted by Crippen LogP contribution is -2.47. The molecule has 0 saturated carbocycles. The number of ether oxygens (including phenoxy) is 1.